The lowest BCUT2D eigenvalue weighted by Gasteiger charge is -2.13. The Morgan fingerprint density at radius 3 is 2.68 bits per heavy atom. The minimum absolute atomic E-state index is 0.0346. The minimum Gasteiger partial charge on any atom is -0.488 e. The molecule has 0 fully saturated rings. The first-order chi connectivity index (χ1) is 12.1. The second-order valence-electron chi connectivity index (χ2n) is 5.60. The van der Waals surface area contributed by atoms with Crippen LogP contribution in [-0.2, 0) is 6.61 Å². The van der Waals surface area contributed by atoms with Gasteiger partial charge in [0, 0.05) is 16.8 Å². The van der Waals surface area contributed by atoms with E-state index in [1.165, 1.54) is 12.1 Å². The Morgan fingerprint density at radius 2 is 1.92 bits per heavy atom. The van der Waals surface area contributed by atoms with Crippen LogP contribution < -0.4 is 10.3 Å². The van der Waals surface area contributed by atoms with Crippen LogP contribution in [0.5, 0.6) is 5.75 Å². The third-order valence-electron chi connectivity index (χ3n) is 3.74. The van der Waals surface area contributed by atoms with Gasteiger partial charge in [-0.05, 0) is 36.8 Å². The molecule has 0 unspecified atom stereocenters. The number of hydrogen-bond acceptors (Lipinski definition) is 3. The molecule has 0 bridgehead atoms. The number of para-hydroxylation sites is 1. The Kier molecular flexibility index (Phi) is 4.62. The van der Waals surface area contributed by atoms with E-state index in [2.05, 4.69) is 4.98 Å². The van der Waals surface area contributed by atoms with Gasteiger partial charge in [0.05, 0.1) is 0 Å². The second kappa shape index (κ2) is 7.02. The Labute approximate surface area is 144 Å². The maximum Gasteiger partial charge on any atom is 0.266 e. The molecule has 0 saturated carbocycles. The molecule has 0 aliphatic rings. The van der Waals surface area contributed by atoms with E-state index in [4.69, 9.17) is 4.74 Å². The summed E-state index contributed by atoms with van der Waals surface area (Å²) >= 11 is 0. The van der Waals surface area contributed by atoms with Gasteiger partial charge in [-0.25, -0.2) is 4.39 Å². The molecule has 3 rings (SSSR count). The number of hydrogen-bond donors (Lipinski definition) is 1. The summed E-state index contributed by atoms with van der Waals surface area (Å²) in [4.78, 5) is 14.7. The number of nitrogens with zero attached hydrogens (tertiary/aromatic N) is 1. The fourth-order valence-corrected chi connectivity index (χ4v) is 2.61. The van der Waals surface area contributed by atoms with Crippen molar-refractivity contribution in [2.24, 2.45) is 0 Å². The number of aromatic amines is 1. The van der Waals surface area contributed by atoms with Crippen molar-refractivity contribution >= 4 is 0 Å². The lowest BCUT2D eigenvalue weighted by atomic mass is 10.00. The molecule has 0 saturated heterocycles. The highest BCUT2D eigenvalue weighted by Gasteiger charge is 2.14. The third kappa shape index (κ3) is 3.59. The molecule has 124 valence electrons. The lowest BCUT2D eigenvalue weighted by molar-refractivity contribution is 0.307. The largest absolute Gasteiger partial charge is 0.488 e. The summed E-state index contributed by atoms with van der Waals surface area (Å²) in [6.45, 7) is 1.93. The summed E-state index contributed by atoms with van der Waals surface area (Å²) in [5.74, 6) is 0.194. The van der Waals surface area contributed by atoms with Crippen molar-refractivity contribution in [1.82, 2.24) is 4.98 Å². The molecule has 25 heavy (non-hydrogen) atoms. The molecule has 0 atom stereocenters. The molecule has 2 aromatic carbocycles. The van der Waals surface area contributed by atoms with E-state index in [1.54, 1.807) is 43.3 Å². The molecule has 0 spiro atoms. The second-order valence-corrected chi connectivity index (χ2v) is 5.60. The lowest BCUT2D eigenvalue weighted by Crippen LogP contribution is -2.13. The summed E-state index contributed by atoms with van der Waals surface area (Å²) in [5.41, 5.74) is 2.10. The van der Waals surface area contributed by atoms with Crippen LogP contribution in [0.1, 0.15) is 16.8 Å². The van der Waals surface area contributed by atoms with Gasteiger partial charge >= 0.3 is 0 Å². The van der Waals surface area contributed by atoms with E-state index in [0.717, 1.165) is 0 Å². The van der Waals surface area contributed by atoms with Crippen LogP contribution in [0.3, 0.4) is 0 Å². The van der Waals surface area contributed by atoms with Crippen molar-refractivity contribution in [2.45, 2.75) is 13.5 Å². The number of pyridine rings is 1. The maximum atomic E-state index is 13.3. The van der Waals surface area contributed by atoms with Crippen molar-refractivity contribution in [3.8, 4) is 22.9 Å². The van der Waals surface area contributed by atoms with Gasteiger partial charge in [0.25, 0.3) is 5.56 Å². The fraction of sp³-hybridized carbons (Fsp3) is 0.100. The van der Waals surface area contributed by atoms with Gasteiger partial charge < -0.3 is 9.72 Å². The molecule has 3 aromatic rings. The van der Waals surface area contributed by atoms with Gasteiger partial charge in [-0.3, -0.25) is 4.79 Å². The van der Waals surface area contributed by atoms with Crippen LogP contribution in [0.25, 0.3) is 11.1 Å². The van der Waals surface area contributed by atoms with E-state index < -0.39 is 5.56 Å². The minimum atomic E-state index is -0.433. The first-order valence-electron chi connectivity index (χ1n) is 7.69. The van der Waals surface area contributed by atoms with Gasteiger partial charge in [0.1, 0.15) is 29.8 Å². The maximum absolute atomic E-state index is 13.3. The first-order valence-corrected chi connectivity index (χ1v) is 7.69. The van der Waals surface area contributed by atoms with Crippen LogP contribution in [0, 0.1) is 24.1 Å². The summed E-state index contributed by atoms with van der Waals surface area (Å²) < 4.78 is 19.1. The standard InChI is InChI=1S/C20H15FN2O2/c1-13-9-17(18(11-22)20(24)23-13)16-7-2-3-8-19(16)25-12-14-5-4-6-15(21)10-14/h2-10H,12H2,1H3,(H,23,24). The molecule has 0 radical (unpaired) electrons. The normalized spacial score (nSPS) is 10.3. The van der Waals surface area contributed by atoms with Crippen LogP contribution in [0.15, 0.2) is 59.4 Å². The fourth-order valence-electron chi connectivity index (χ4n) is 2.61. The number of rotatable bonds is 4. The number of aryl methyl sites for hydroxylation is 1. The topological polar surface area (TPSA) is 65.9 Å². The summed E-state index contributed by atoms with van der Waals surface area (Å²) in [6, 6.07) is 17.0. The highest BCUT2D eigenvalue weighted by molar-refractivity contribution is 5.75. The first kappa shape index (κ1) is 16.5. The molecular formula is C20H15FN2O2. The van der Waals surface area contributed by atoms with E-state index in [-0.39, 0.29) is 18.0 Å². The average molecular weight is 334 g/mol. The molecule has 0 aliphatic heterocycles. The molecule has 1 N–H and O–H groups in total. The molecule has 4 nitrogen and oxygen atoms in total. The number of benzene rings is 2. The predicted molar refractivity (Wildman–Crippen MR) is 92.7 cm³/mol. The Balaban J connectivity index is 2.00. The summed E-state index contributed by atoms with van der Waals surface area (Å²) in [5, 5.41) is 9.33. The number of halogens is 1. The van der Waals surface area contributed by atoms with Crippen molar-refractivity contribution < 1.29 is 9.13 Å². The van der Waals surface area contributed by atoms with Crippen LogP contribution in [0.2, 0.25) is 0 Å². The zero-order valence-electron chi connectivity index (χ0n) is 13.5. The molecule has 1 heterocycles. The van der Waals surface area contributed by atoms with E-state index >= 15 is 0 Å². The van der Waals surface area contributed by atoms with E-state index in [0.29, 0.717) is 28.1 Å². The Bertz CT molecular complexity index is 1020. The molecule has 0 aliphatic carbocycles. The predicted octanol–water partition coefficient (Wildman–Crippen LogP) is 3.94. The summed E-state index contributed by atoms with van der Waals surface area (Å²) in [6.07, 6.45) is 0. The Morgan fingerprint density at radius 1 is 1.12 bits per heavy atom. The van der Waals surface area contributed by atoms with Crippen molar-refractivity contribution in [3.63, 3.8) is 0 Å². The highest BCUT2D eigenvalue weighted by atomic mass is 19.1. The third-order valence-corrected chi connectivity index (χ3v) is 3.74. The molecule has 1 aromatic heterocycles. The van der Waals surface area contributed by atoms with Crippen LogP contribution >= 0.6 is 0 Å². The zero-order chi connectivity index (χ0) is 17.8. The van der Waals surface area contributed by atoms with E-state index in [1.807, 2.05) is 12.1 Å². The number of ether oxygens (including phenoxy) is 1. The van der Waals surface area contributed by atoms with Gasteiger partial charge in [-0.2, -0.15) is 5.26 Å². The quantitative estimate of drug-likeness (QED) is 0.786. The number of nitrogens with one attached hydrogen (secondary N) is 1. The summed E-state index contributed by atoms with van der Waals surface area (Å²) in [7, 11) is 0. The molecule has 0 amide bonds. The van der Waals surface area contributed by atoms with E-state index in [9.17, 15) is 14.4 Å². The van der Waals surface area contributed by atoms with Gasteiger partial charge in [0.15, 0.2) is 0 Å². The number of nitriles is 1. The highest BCUT2D eigenvalue weighted by Crippen LogP contribution is 2.31. The van der Waals surface area contributed by atoms with Gasteiger partial charge in [-0.15, -0.1) is 0 Å². The molecular weight excluding hydrogens is 319 g/mol. The van der Waals surface area contributed by atoms with Gasteiger partial charge in [0.2, 0.25) is 0 Å². The van der Waals surface area contributed by atoms with Gasteiger partial charge in [-0.1, -0.05) is 30.3 Å². The van der Waals surface area contributed by atoms with Crippen LogP contribution in [-0.4, -0.2) is 4.98 Å². The van der Waals surface area contributed by atoms with Crippen LogP contribution in [0.4, 0.5) is 4.39 Å². The number of H-pyrrole nitrogens is 1. The average Bonchev–Trinajstić information content (AvgIpc) is 2.60. The zero-order valence-corrected chi connectivity index (χ0v) is 13.5. The van der Waals surface area contributed by atoms with Crippen molar-refractivity contribution in [1.29, 1.82) is 5.26 Å². The number of aromatic nitrogens is 1. The Hall–Kier alpha value is -3.39. The smallest absolute Gasteiger partial charge is 0.266 e. The molecule has 5 heteroatoms. The SMILES string of the molecule is Cc1cc(-c2ccccc2OCc2cccc(F)c2)c(C#N)c(=O)[nH]1. The van der Waals surface area contributed by atoms with Crippen molar-refractivity contribution in [2.75, 3.05) is 0 Å². The monoisotopic (exact) mass is 334 g/mol. The van der Waals surface area contributed by atoms with Crippen molar-refractivity contribution in [3.05, 3.63) is 87.6 Å².